The topological polar surface area (TPSA) is 58.3 Å². The highest BCUT2D eigenvalue weighted by atomic mass is 35.5. The summed E-state index contributed by atoms with van der Waals surface area (Å²) in [6.07, 6.45) is 1.61. The van der Waals surface area contributed by atoms with Gasteiger partial charge in [0.15, 0.2) is 0 Å². The number of para-hydroxylation sites is 1. The average molecular weight is 275 g/mol. The fourth-order valence-corrected chi connectivity index (χ4v) is 2.13. The van der Waals surface area contributed by atoms with E-state index in [0.29, 0.717) is 22.9 Å². The van der Waals surface area contributed by atoms with E-state index in [0.717, 1.165) is 11.1 Å². The highest BCUT2D eigenvalue weighted by Crippen LogP contribution is 2.30. The lowest BCUT2D eigenvalue weighted by atomic mass is 10.2. The Morgan fingerprint density at radius 3 is 2.95 bits per heavy atom. The number of nitrogens with zero attached hydrogens (tertiary/aromatic N) is 1. The van der Waals surface area contributed by atoms with Gasteiger partial charge < -0.3 is 14.8 Å². The first-order chi connectivity index (χ1) is 9.24. The van der Waals surface area contributed by atoms with Crippen molar-refractivity contribution in [3.8, 4) is 5.75 Å². The van der Waals surface area contributed by atoms with Gasteiger partial charge in [0.1, 0.15) is 22.8 Å². The van der Waals surface area contributed by atoms with Crippen molar-refractivity contribution >= 4 is 28.3 Å². The van der Waals surface area contributed by atoms with E-state index >= 15 is 0 Å². The zero-order valence-corrected chi connectivity index (χ0v) is 10.7. The summed E-state index contributed by atoms with van der Waals surface area (Å²) in [5, 5.41) is 14.2. The molecule has 0 atom stereocenters. The lowest BCUT2D eigenvalue weighted by Crippen LogP contribution is -2.00. The normalized spacial score (nSPS) is 10.8. The van der Waals surface area contributed by atoms with Crippen LogP contribution in [0.5, 0.6) is 5.75 Å². The van der Waals surface area contributed by atoms with Crippen LogP contribution in [0.4, 0.5) is 5.82 Å². The van der Waals surface area contributed by atoms with E-state index in [1.165, 1.54) is 0 Å². The van der Waals surface area contributed by atoms with Crippen LogP contribution >= 0.6 is 11.6 Å². The number of aromatic hydroxyl groups is 1. The second-order valence-electron chi connectivity index (χ2n) is 4.10. The third-order valence-electron chi connectivity index (χ3n) is 2.79. The molecular formula is C14H11ClN2O2. The Labute approximate surface area is 114 Å². The Morgan fingerprint density at radius 1 is 1.26 bits per heavy atom. The smallest absolute Gasteiger partial charge is 0.141 e. The quantitative estimate of drug-likeness (QED) is 0.763. The molecule has 96 valence electrons. The van der Waals surface area contributed by atoms with Crippen LogP contribution < -0.4 is 5.32 Å². The number of rotatable bonds is 3. The second kappa shape index (κ2) is 4.82. The highest BCUT2D eigenvalue weighted by Gasteiger charge is 2.07. The van der Waals surface area contributed by atoms with E-state index in [9.17, 15) is 5.11 Å². The Kier molecular flexibility index (Phi) is 3.01. The van der Waals surface area contributed by atoms with Crippen molar-refractivity contribution in [2.45, 2.75) is 6.54 Å². The molecule has 2 heterocycles. The van der Waals surface area contributed by atoms with Crippen molar-refractivity contribution in [2.75, 3.05) is 5.32 Å². The number of aromatic nitrogens is 1. The van der Waals surface area contributed by atoms with Crippen LogP contribution in [0.1, 0.15) is 5.76 Å². The number of phenolic OH excluding ortho intramolecular Hbond substituents is 1. The molecule has 3 aromatic rings. The summed E-state index contributed by atoms with van der Waals surface area (Å²) >= 11 is 6.18. The number of benzene rings is 1. The summed E-state index contributed by atoms with van der Waals surface area (Å²) in [7, 11) is 0. The monoisotopic (exact) mass is 274 g/mol. The lowest BCUT2D eigenvalue weighted by Gasteiger charge is -2.08. The van der Waals surface area contributed by atoms with E-state index < -0.39 is 0 Å². The highest BCUT2D eigenvalue weighted by molar-refractivity contribution is 6.35. The molecule has 1 aromatic carbocycles. The van der Waals surface area contributed by atoms with Gasteiger partial charge in [0.2, 0.25) is 0 Å². The van der Waals surface area contributed by atoms with Gasteiger partial charge >= 0.3 is 0 Å². The molecule has 0 unspecified atom stereocenters. The summed E-state index contributed by atoms with van der Waals surface area (Å²) in [4.78, 5) is 4.35. The molecule has 0 aliphatic carbocycles. The predicted molar refractivity (Wildman–Crippen MR) is 74.5 cm³/mol. The van der Waals surface area contributed by atoms with E-state index in [1.807, 2.05) is 18.2 Å². The average Bonchev–Trinajstić information content (AvgIpc) is 2.91. The summed E-state index contributed by atoms with van der Waals surface area (Å²) in [5.41, 5.74) is 0.483. The minimum atomic E-state index is 0.112. The lowest BCUT2D eigenvalue weighted by molar-refractivity contribution is 0.480. The predicted octanol–water partition coefficient (Wildman–Crippen LogP) is 3.80. The first-order valence-corrected chi connectivity index (χ1v) is 6.16. The van der Waals surface area contributed by atoms with Crippen molar-refractivity contribution in [2.24, 2.45) is 0 Å². The molecule has 5 heteroatoms. The number of nitrogens with one attached hydrogen (secondary N) is 1. The van der Waals surface area contributed by atoms with E-state index in [4.69, 9.17) is 16.0 Å². The molecule has 0 saturated heterocycles. The van der Waals surface area contributed by atoms with Crippen molar-refractivity contribution in [1.29, 1.82) is 0 Å². The fourth-order valence-electron chi connectivity index (χ4n) is 1.87. The van der Waals surface area contributed by atoms with Crippen molar-refractivity contribution in [3.05, 3.63) is 53.4 Å². The van der Waals surface area contributed by atoms with Crippen LogP contribution in [0.15, 0.2) is 47.1 Å². The molecular weight excluding hydrogens is 264 g/mol. The van der Waals surface area contributed by atoms with E-state index in [1.54, 1.807) is 24.5 Å². The number of halogens is 1. The maximum absolute atomic E-state index is 9.80. The summed E-state index contributed by atoms with van der Waals surface area (Å²) in [5.74, 6) is 1.51. The van der Waals surface area contributed by atoms with Gasteiger partial charge in [-0.2, -0.15) is 0 Å². The van der Waals surface area contributed by atoms with Crippen LogP contribution in [-0.2, 0) is 6.54 Å². The van der Waals surface area contributed by atoms with E-state index in [2.05, 4.69) is 10.3 Å². The number of pyridine rings is 1. The Hall–Kier alpha value is -2.20. The molecule has 0 amide bonds. The number of hydrogen-bond acceptors (Lipinski definition) is 4. The van der Waals surface area contributed by atoms with Crippen molar-refractivity contribution < 1.29 is 9.52 Å². The van der Waals surface area contributed by atoms with Gasteiger partial charge in [-0.1, -0.05) is 23.7 Å². The fraction of sp³-hybridized carbons (Fsp3) is 0.0714. The van der Waals surface area contributed by atoms with Crippen LogP contribution in [-0.4, -0.2) is 10.1 Å². The molecule has 4 nitrogen and oxygen atoms in total. The van der Waals surface area contributed by atoms with Gasteiger partial charge in [-0.25, -0.2) is 4.98 Å². The molecule has 19 heavy (non-hydrogen) atoms. The zero-order chi connectivity index (χ0) is 13.2. The molecule has 0 radical (unpaired) electrons. The maximum Gasteiger partial charge on any atom is 0.141 e. The molecule has 3 rings (SSSR count). The first-order valence-electron chi connectivity index (χ1n) is 5.78. The first kappa shape index (κ1) is 11.9. The Balaban J connectivity index is 1.94. The van der Waals surface area contributed by atoms with E-state index in [-0.39, 0.29) is 5.75 Å². The standard InChI is InChI=1S/C14H11ClN2O2/c15-11-7-13(16-8-9-3-2-6-19-9)17-14-10(11)4-1-5-12(14)18/h1-7,18H,8H2,(H,16,17). The van der Waals surface area contributed by atoms with Gasteiger partial charge in [-0.05, 0) is 24.3 Å². The summed E-state index contributed by atoms with van der Waals surface area (Å²) in [6, 6.07) is 10.6. The molecule has 0 bridgehead atoms. The molecule has 2 aromatic heterocycles. The van der Waals surface area contributed by atoms with Gasteiger partial charge in [0.05, 0.1) is 17.8 Å². The Bertz CT molecular complexity index is 711. The molecule has 0 saturated carbocycles. The summed E-state index contributed by atoms with van der Waals surface area (Å²) < 4.78 is 5.22. The summed E-state index contributed by atoms with van der Waals surface area (Å²) in [6.45, 7) is 0.509. The van der Waals surface area contributed by atoms with Crippen LogP contribution in [0.3, 0.4) is 0 Å². The van der Waals surface area contributed by atoms with Gasteiger partial charge in [-0.15, -0.1) is 0 Å². The number of furan rings is 1. The maximum atomic E-state index is 9.80. The van der Waals surface area contributed by atoms with Crippen molar-refractivity contribution in [3.63, 3.8) is 0 Å². The molecule has 0 spiro atoms. The van der Waals surface area contributed by atoms with Gasteiger partial charge in [-0.3, -0.25) is 0 Å². The Morgan fingerprint density at radius 2 is 2.16 bits per heavy atom. The number of anilines is 1. The molecule has 0 fully saturated rings. The number of hydrogen-bond donors (Lipinski definition) is 2. The minimum Gasteiger partial charge on any atom is -0.506 e. The third kappa shape index (κ3) is 2.35. The van der Waals surface area contributed by atoms with Gasteiger partial charge in [0, 0.05) is 5.39 Å². The van der Waals surface area contributed by atoms with Crippen LogP contribution in [0.25, 0.3) is 10.9 Å². The molecule has 0 aliphatic heterocycles. The van der Waals surface area contributed by atoms with Crippen LogP contribution in [0.2, 0.25) is 5.02 Å². The van der Waals surface area contributed by atoms with Gasteiger partial charge in [0.25, 0.3) is 0 Å². The number of phenols is 1. The molecule has 0 aliphatic rings. The third-order valence-corrected chi connectivity index (χ3v) is 3.10. The SMILES string of the molecule is Oc1cccc2c(Cl)cc(NCc3ccco3)nc12. The number of fused-ring (bicyclic) bond motifs is 1. The zero-order valence-electron chi connectivity index (χ0n) is 9.93. The molecule has 2 N–H and O–H groups in total. The van der Waals surface area contributed by atoms with Crippen LogP contribution in [0, 0.1) is 0 Å². The largest absolute Gasteiger partial charge is 0.506 e. The minimum absolute atomic E-state index is 0.112. The second-order valence-corrected chi connectivity index (χ2v) is 4.50. The van der Waals surface area contributed by atoms with Crippen molar-refractivity contribution in [1.82, 2.24) is 4.98 Å².